The van der Waals surface area contributed by atoms with Gasteiger partial charge in [-0.15, -0.1) is 22.0 Å². The van der Waals surface area contributed by atoms with Crippen molar-refractivity contribution in [2.45, 2.75) is 36.1 Å². The third kappa shape index (κ3) is 1.79. The van der Waals surface area contributed by atoms with E-state index < -0.39 is 6.04 Å². The molecule has 9 nitrogen and oxygen atoms in total. The van der Waals surface area contributed by atoms with Crippen LogP contribution in [0.1, 0.15) is 25.7 Å². The zero-order chi connectivity index (χ0) is 14.5. The number of carbonyl (C=O) groups excluding carboxylic acids is 2. The van der Waals surface area contributed by atoms with E-state index in [1.54, 1.807) is 16.7 Å². The summed E-state index contributed by atoms with van der Waals surface area (Å²) in [6.07, 6.45) is 0. The summed E-state index contributed by atoms with van der Waals surface area (Å²) in [5, 5.41) is 16.5. The molecule has 3 heterocycles. The van der Waals surface area contributed by atoms with Gasteiger partial charge in [0.2, 0.25) is 11.8 Å². The van der Waals surface area contributed by atoms with Crippen molar-refractivity contribution in [1.29, 1.82) is 0 Å². The molecule has 0 spiro atoms. The minimum atomic E-state index is -0.521. The Kier molecular flexibility index (Phi) is 2.94. The number of hydrogen-bond acceptors (Lipinski definition) is 7. The topological polar surface area (TPSA) is 130 Å². The van der Waals surface area contributed by atoms with Crippen molar-refractivity contribution in [3.63, 3.8) is 0 Å². The van der Waals surface area contributed by atoms with E-state index in [1.165, 1.54) is 0 Å². The second kappa shape index (κ2) is 4.42. The third-order valence-corrected chi connectivity index (χ3v) is 5.12. The maximum Gasteiger partial charge on any atom is 0.249 e. The molecule has 4 N–H and O–H groups in total. The zero-order valence-electron chi connectivity index (χ0n) is 11.0. The number of carbonyl (C=O) groups is 2. The van der Waals surface area contributed by atoms with Crippen LogP contribution in [0.4, 0.5) is 0 Å². The number of hydrogen-bond donors (Lipinski definition) is 3. The number of H-pyrrole nitrogens is 1. The number of amides is 2. The second-order valence-corrected chi connectivity index (χ2v) is 7.05. The molecule has 2 saturated heterocycles. The van der Waals surface area contributed by atoms with E-state index in [0.29, 0.717) is 5.82 Å². The van der Waals surface area contributed by atoms with Crippen LogP contribution in [0, 0.1) is 0 Å². The van der Waals surface area contributed by atoms with Crippen LogP contribution in [0.2, 0.25) is 0 Å². The van der Waals surface area contributed by atoms with Gasteiger partial charge in [0.1, 0.15) is 17.5 Å². The van der Waals surface area contributed by atoms with Crippen LogP contribution in [-0.2, 0) is 9.59 Å². The van der Waals surface area contributed by atoms with Gasteiger partial charge < -0.3 is 16.0 Å². The van der Waals surface area contributed by atoms with E-state index in [1.807, 2.05) is 13.8 Å². The molecule has 10 heteroatoms. The van der Waals surface area contributed by atoms with E-state index in [2.05, 4.69) is 25.9 Å². The van der Waals surface area contributed by atoms with E-state index >= 15 is 0 Å². The number of tetrazole rings is 1. The summed E-state index contributed by atoms with van der Waals surface area (Å²) in [5.74, 6) is 0.0241. The Morgan fingerprint density at radius 1 is 1.60 bits per heavy atom. The Morgan fingerprint density at radius 3 is 2.95 bits per heavy atom. The molecule has 0 aromatic carbocycles. The van der Waals surface area contributed by atoms with Gasteiger partial charge >= 0.3 is 0 Å². The predicted molar refractivity (Wildman–Crippen MR) is 70.2 cm³/mol. The van der Waals surface area contributed by atoms with Gasteiger partial charge in [0.15, 0.2) is 5.82 Å². The Labute approximate surface area is 119 Å². The number of thioether (sulfide) groups is 1. The summed E-state index contributed by atoms with van der Waals surface area (Å²) in [5.41, 5.74) is 5.26. The minimum Gasteiger partial charge on any atom is -0.341 e. The highest BCUT2D eigenvalue weighted by atomic mass is 32.2. The predicted octanol–water partition coefficient (Wildman–Crippen LogP) is -1.62. The van der Waals surface area contributed by atoms with Crippen molar-refractivity contribution in [3.05, 3.63) is 5.82 Å². The number of fused-ring (bicyclic) bond motifs is 1. The molecule has 1 aromatic rings. The maximum atomic E-state index is 12.3. The first-order chi connectivity index (χ1) is 9.45. The summed E-state index contributed by atoms with van der Waals surface area (Å²) in [4.78, 5) is 25.3. The molecular weight excluding hydrogens is 282 g/mol. The maximum absolute atomic E-state index is 12.3. The van der Waals surface area contributed by atoms with Gasteiger partial charge in [-0.05, 0) is 13.8 Å². The number of nitrogens with one attached hydrogen (secondary N) is 2. The molecule has 0 aliphatic carbocycles. The molecule has 2 fully saturated rings. The van der Waals surface area contributed by atoms with Crippen LogP contribution in [0.15, 0.2) is 0 Å². The Balaban J connectivity index is 1.84. The van der Waals surface area contributed by atoms with Crippen LogP contribution in [0.25, 0.3) is 0 Å². The molecular formula is C10H15N7O2S. The molecule has 2 unspecified atom stereocenters. The first-order valence-electron chi connectivity index (χ1n) is 6.18. The quantitative estimate of drug-likeness (QED) is 0.571. The number of aromatic amines is 1. The average molecular weight is 297 g/mol. The molecule has 3 rings (SSSR count). The minimum absolute atomic E-state index is 0.114. The van der Waals surface area contributed by atoms with Gasteiger partial charge in [-0.3, -0.25) is 9.59 Å². The molecule has 0 radical (unpaired) electrons. The molecule has 2 aliphatic rings. The largest absolute Gasteiger partial charge is 0.341 e. The van der Waals surface area contributed by atoms with Gasteiger partial charge in [0.25, 0.3) is 0 Å². The number of β-lactam (4-membered cyclic amide) rings is 1. The highest BCUT2D eigenvalue weighted by Gasteiger charge is 2.63. The molecule has 2 amide bonds. The van der Waals surface area contributed by atoms with Gasteiger partial charge in [-0.2, -0.15) is 5.21 Å². The van der Waals surface area contributed by atoms with Crippen molar-refractivity contribution in [2.24, 2.45) is 5.73 Å². The van der Waals surface area contributed by atoms with Crippen LogP contribution in [0.3, 0.4) is 0 Å². The van der Waals surface area contributed by atoms with Crippen molar-refractivity contribution in [3.8, 4) is 0 Å². The van der Waals surface area contributed by atoms with E-state index in [0.717, 1.165) is 0 Å². The molecule has 108 valence electrons. The molecule has 3 atom stereocenters. The molecule has 1 aromatic heterocycles. The summed E-state index contributed by atoms with van der Waals surface area (Å²) in [6.45, 7) is 3.91. The molecule has 20 heavy (non-hydrogen) atoms. The van der Waals surface area contributed by atoms with Gasteiger partial charge in [-0.25, -0.2) is 0 Å². The Bertz CT molecular complexity index is 546. The summed E-state index contributed by atoms with van der Waals surface area (Å²) in [6, 6.07) is -0.776. The van der Waals surface area contributed by atoms with Crippen molar-refractivity contribution in [1.82, 2.24) is 30.8 Å². The van der Waals surface area contributed by atoms with Crippen LogP contribution in [-0.4, -0.2) is 60.0 Å². The van der Waals surface area contributed by atoms with E-state index in [-0.39, 0.29) is 34.5 Å². The lowest BCUT2D eigenvalue weighted by Gasteiger charge is -2.43. The van der Waals surface area contributed by atoms with Crippen LogP contribution in [0.5, 0.6) is 0 Å². The number of nitrogens with zero attached hydrogens (tertiary/aromatic N) is 4. The summed E-state index contributed by atoms with van der Waals surface area (Å²) < 4.78 is -0.258. The highest BCUT2D eigenvalue weighted by molar-refractivity contribution is 8.01. The lowest BCUT2D eigenvalue weighted by Crippen LogP contribution is -2.68. The molecule has 0 saturated carbocycles. The second-order valence-electron chi connectivity index (χ2n) is 5.28. The zero-order valence-corrected chi connectivity index (χ0v) is 11.8. The van der Waals surface area contributed by atoms with E-state index in [4.69, 9.17) is 5.73 Å². The highest BCUT2D eigenvalue weighted by Crippen LogP contribution is 2.56. The smallest absolute Gasteiger partial charge is 0.249 e. The first kappa shape index (κ1) is 13.3. The number of rotatable bonds is 3. The summed E-state index contributed by atoms with van der Waals surface area (Å²) in [7, 11) is 0. The normalized spacial score (nSPS) is 30.9. The summed E-state index contributed by atoms with van der Waals surface area (Å²) >= 11 is 1.62. The van der Waals surface area contributed by atoms with Crippen molar-refractivity contribution < 1.29 is 9.59 Å². The molecule has 2 aliphatic heterocycles. The lowest BCUT2D eigenvalue weighted by atomic mass is 9.95. The lowest BCUT2D eigenvalue weighted by molar-refractivity contribution is -0.151. The van der Waals surface area contributed by atoms with Gasteiger partial charge in [0, 0.05) is 4.75 Å². The Hall–Kier alpha value is -1.68. The van der Waals surface area contributed by atoms with Crippen LogP contribution < -0.4 is 11.1 Å². The van der Waals surface area contributed by atoms with Gasteiger partial charge in [-0.1, -0.05) is 5.21 Å². The third-order valence-electron chi connectivity index (χ3n) is 3.55. The number of aromatic nitrogens is 4. The fourth-order valence-corrected chi connectivity index (χ4v) is 4.31. The SMILES string of the molecule is CC1(C)S[C@H]2C(NC(=O)CN)C(=O)N2C1c1nn[nH]n1. The fourth-order valence-electron chi connectivity index (χ4n) is 2.68. The number of nitrogens with two attached hydrogens (primary N) is 1. The monoisotopic (exact) mass is 297 g/mol. The Morgan fingerprint density at radius 2 is 2.35 bits per heavy atom. The van der Waals surface area contributed by atoms with Gasteiger partial charge in [0.05, 0.1) is 6.54 Å². The van der Waals surface area contributed by atoms with Crippen LogP contribution >= 0.6 is 11.8 Å². The molecule has 0 bridgehead atoms. The fraction of sp³-hybridized carbons (Fsp3) is 0.700. The van der Waals surface area contributed by atoms with E-state index in [9.17, 15) is 9.59 Å². The van der Waals surface area contributed by atoms with Crippen molar-refractivity contribution in [2.75, 3.05) is 6.54 Å². The van der Waals surface area contributed by atoms with Crippen molar-refractivity contribution >= 4 is 23.6 Å². The standard InChI is InChI=1S/C10H15N7O2S/c1-10(2)6(7-13-15-16-14-7)17-8(19)5(9(17)20-10)12-4(18)3-11/h5-6,9H,3,11H2,1-2H3,(H,12,18)(H,13,14,15,16)/t5?,6?,9-/m0/s1. The average Bonchev–Trinajstić information content (AvgIpc) is 2.99. The first-order valence-corrected chi connectivity index (χ1v) is 7.06.